The number of ether oxygens (including phenoxy) is 2. The molecule has 3 rings (SSSR count). The monoisotopic (exact) mass is 403 g/mol. The molecule has 1 N–H and O–H groups in total. The van der Waals surface area contributed by atoms with Crippen LogP contribution in [0.2, 0.25) is 5.15 Å². The highest BCUT2D eigenvalue weighted by Gasteiger charge is 2.38. The van der Waals surface area contributed by atoms with Gasteiger partial charge in [0, 0.05) is 18.0 Å². The molecule has 1 amide bonds. The molecule has 1 aliphatic heterocycles. The van der Waals surface area contributed by atoms with Crippen LogP contribution in [0.3, 0.4) is 0 Å². The van der Waals surface area contributed by atoms with E-state index in [-0.39, 0.29) is 44.4 Å². The van der Waals surface area contributed by atoms with Crippen molar-refractivity contribution in [3.8, 4) is 11.8 Å². The first kappa shape index (κ1) is 20.3. The van der Waals surface area contributed by atoms with Crippen LogP contribution in [0.25, 0.3) is 10.8 Å². The summed E-state index contributed by atoms with van der Waals surface area (Å²) in [5.41, 5.74) is 0.399. The number of aromatic nitrogens is 1. The van der Waals surface area contributed by atoms with Crippen LogP contribution in [0.5, 0.6) is 5.75 Å². The molecule has 7 nitrogen and oxygen atoms in total. The molecule has 8 heteroatoms. The van der Waals surface area contributed by atoms with Gasteiger partial charge in [0.05, 0.1) is 24.8 Å². The van der Waals surface area contributed by atoms with Crippen molar-refractivity contribution in [1.29, 1.82) is 5.26 Å². The number of aliphatic hydroxyl groups excluding tert-OH is 1. The number of halogens is 1. The van der Waals surface area contributed by atoms with E-state index in [1.807, 2.05) is 6.92 Å². The number of aliphatic hydroxyl groups is 1. The zero-order valence-electron chi connectivity index (χ0n) is 15.6. The summed E-state index contributed by atoms with van der Waals surface area (Å²) in [5.74, 6) is 0.562. The molecule has 2 heterocycles. The van der Waals surface area contributed by atoms with Crippen LogP contribution in [-0.2, 0) is 9.53 Å². The number of nitrogens with zero attached hydrogens (tertiary/aromatic N) is 3. The van der Waals surface area contributed by atoms with Gasteiger partial charge in [-0.1, -0.05) is 24.9 Å². The van der Waals surface area contributed by atoms with Crippen molar-refractivity contribution in [3.05, 3.63) is 35.1 Å². The third kappa shape index (κ3) is 4.20. The van der Waals surface area contributed by atoms with Crippen LogP contribution in [0, 0.1) is 17.2 Å². The van der Waals surface area contributed by atoms with E-state index in [0.29, 0.717) is 28.3 Å². The molecule has 2 aromatic rings. The van der Waals surface area contributed by atoms with Crippen LogP contribution in [0.1, 0.15) is 25.3 Å². The third-order valence-corrected chi connectivity index (χ3v) is 5.37. The molecule has 0 bridgehead atoms. The summed E-state index contributed by atoms with van der Waals surface area (Å²) in [6.07, 6.45) is 2.87. The first-order valence-electron chi connectivity index (χ1n) is 9.18. The molecule has 0 unspecified atom stereocenters. The number of likely N-dealkylation sites (tertiary alicyclic amines) is 1. The Morgan fingerprint density at radius 1 is 1.43 bits per heavy atom. The smallest absolute Gasteiger partial charge is 0.225 e. The van der Waals surface area contributed by atoms with Crippen LogP contribution in [0.4, 0.5) is 0 Å². The minimum atomic E-state index is -0.196. The predicted octanol–water partition coefficient (Wildman–Crippen LogP) is 2.73. The van der Waals surface area contributed by atoms with Crippen LogP contribution in [-0.4, -0.2) is 53.5 Å². The van der Waals surface area contributed by atoms with Gasteiger partial charge < -0.3 is 19.5 Å². The van der Waals surface area contributed by atoms with Crippen molar-refractivity contribution in [2.75, 3.05) is 26.6 Å². The summed E-state index contributed by atoms with van der Waals surface area (Å²) in [4.78, 5) is 17.7. The van der Waals surface area contributed by atoms with Gasteiger partial charge in [-0.3, -0.25) is 4.79 Å². The number of nitriles is 1. The first-order chi connectivity index (χ1) is 13.6. The Bertz CT molecular complexity index is 899. The van der Waals surface area contributed by atoms with E-state index in [1.54, 1.807) is 29.3 Å². The van der Waals surface area contributed by atoms with Gasteiger partial charge in [0.15, 0.2) is 0 Å². The number of pyridine rings is 1. The summed E-state index contributed by atoms with van der Waals surface area (Å²) in [7, 11) is 0. The SMILES string of the molecule is CC[C@@H]1CC(=O)N(COCCOc2cc3c(Cl)nccc3cc2C#N)[C@@H]1CO. The molecule has 0 radical (unpaired) electrons. The molecule has 1 aromatic carbocycles. The summed E-state index contributed by atoms with van der Waals surface area (Å²) in [6, 6.07) is 7.10. The highest BCUT2D eigenvalue weighted by atomic mass is 35.5. The Hall–Kier alpha value is -2.40. The molecule has 1 aliphatic rings. The highest BCUT2D eigenvalue weighted by Crippen LogP contribution is 2.29. The number of carbonyl (C=O) groups excluding carboxylic acids is 1. The van der Waals surface area contributed by atoms with Gasteiger partial charge in [-0.15, -0.1) is 0 Å². The van der Waals surface area contributed by atoms with E-state index >= 15 is 0 Å². The average molecular weight is 404 g/mol. The van der Waals surface area contributed by atoms with Gasteiger partial charge in [0.1, 0.15) is 30.3 Å². The fraction of sp³-hybridized carbons (Fsp3) is 0.450. The van der Waals surface area contributed by atoms with Crippen molar-refractivity contribution >= 4 is 28.3 Å². The molecule has 0 spiro atoms. The maximum atomic E-state index is 12.1. The molecule has 2 atom stereocenters. The second kappa shape index (κ2) is 9.20. The number of carbonyl (C=O) groups is 1. The Labute approximate surface area is 168 Å². The summed E-state index contributed by atoms with van der Waals surface area (Å²) < 4.78 is 11.3. The zero-order chi connectivity index (χ0) is 20.1. The maximum absolute atomic E-state index is 12.1. The van der Waals surface area contributed by atoms with E-state index in [4.69, 9.17) is 21.1 Å². The number of fused-ring (bicyclic) bond motifs is 1. The Kier molecular flexibility index (Phi) is 6.68. The zero-order valence-corrected chi connectivity index (χ0v) is 16.4. The lowest BCUT2D eigenvalue weighted by molar-refractivity contribution is -0.135. The van der Waals surface area contributed by atoms with Crippen molar-refractivity contribution in [2.45, 2.75) is 25.8 Å². The molecule has 1 aromatic heterocycles. The normalized spacial score (nSPS) is 19.2. The molecule has 28 heavy (non-hydrogen) atoms. The molecule has 1 fully saturated rings. The fourth-order valence-corrected chi connectivity index (χ4v) is 3.71. The largest absolute Gasteiger partial charge is 0.490 e. The van der Waals surface area contributed by atoms with Gasteiger partial charge in [-0.25, -0.2) is 4.98 Å². The fourth-order valence-electron chi connectivity index (χ4n) is 3.49. The number of benzene rings is 1. The molecular formula is C20H22ClN3O4. The summed E-state index contributed by atoms with van der Waals surface area (Å²) in [6.45, 7) is 2.50. The summed E-state index contributed by atoms with van der Waals surface area (Å²) >= 11 is 6.11. The van der Waals surface area contributed by atoms with Gasteiger partial charge >= 0.3 is 0 Å². The summed E-state index contributed by atoms with van der Waals surface area (Å²) in [5, 5.41) is 20.8. The van der Waals surface area contributed by atoms with E-state index in [2.05, 4.69) is 11.1 Å². The van der Waals surface area contributed by atoms with Gasteiger partial charge in [-0.05, 0) is 29.5 Å². The molecule has 1 saturated heterocycles. The number of amides is 1. The van der Waals surface area contributed by atoms with Crippen LogP contribution >= 0.6 is 11.6 Å². The minimum Gasteiger partial charge on any atom is -0.490 e. The number of hydrogen-bond acceptors (Lipinski definition) is 6. The van der Waals surface area contributed by atoms with Crippen molar-refractivity contribution in [2.24, 2.45) is 5.92 Å². The molecule has 0 saturated carbocycles. The lowest BCUT2D eigenvalue weighted by atomic mass is 9.98. The molecule has 0 aliphatic carbocycles. The lowest BCUT2D eigenvalue weighted by Gasteiger charge is -2.25. The maximum Gasteiger partial charge on any atom is 0.225 e. The quantitative estimate of drug-likeness (QED) is 0.537. The van der Waals surface area contributed by atoms with Crippen LogP contribution < -0.4 is 4.74 Å². The topological polar surface area (TPSA) is 95.7 Å². The predicted molar refractivity (Wildman–Crippen MR) is 104 cm³/mol. The second-order valence-corrected chi connectivity index (χ2v) is 7.01. The average Bonchev–Trinajstić information content (AvgIpc) is 3.02. The second-order valence-electron chi connectivity index (χ2n) is 6.65. The van der Waals surface area contributed by atoms with E-state index < -0.39 is 0 Å². The van der Waals surface area contributed by atoms with E-state index in [0.717, 1.165) is 11.8 Å². The van der Waals surface area contributed by atoms with E-state index in [9.17, 15) is 15.2 Å². The Balaban J connectivity index is 1.56. The Morgan fingerprint density at radius 3 is 2.96 bits per heavy atom. The van der Waals surface area contributed by atoms with Gasteiger partial charge in [-0.2, -0.15) is 5.26 Å². The lowest BCUT2D eigenvalue weighted by Crippen LogP contribution is -2.39. The van der Waals surface area contributed by atoms with Crippen LogP contribution in [0.15, 0.2) is 24.4 Å². The third-order valence-electron chi connectivity index (χ3n) is 5.07. The molecular weight excluding hydrogens is 382 g/mol. The standard InChI is InChI=1S/C20H22ClN3O4/c1-2-13-8-19(26)24(17(13)11-25)12-27-5-6-28-18-9-16-14(7-15(18)10-22)3-4-23-20(16)21/h3-4,7,9,13,17,25H,2,5-6,8,11-12H2,1H3/t13-,17-/m1/s1. The van der Waals surface area contributed by atoms with Crippen molar-refractivity contribution < 1.29 is 19.4 Å². The number of rotatable bonds is 8. The minimum absolute atomic E-state index is 0.00439. The van der Waals surface area contributed by atoms with Gasteiger partial charge in [0.2, 0.25) is 5.91 Å². The van der Waals surface area contributed by atoms with Crippen molar-refractivity contribution in [1.82, 2.24) is 9.88 Å². The number of hydrogen-bond donors (Lipinski definition) is 1. The van der Waals surface area contributed by atoms with Crippen molar-refractivity contribution in [3.63, 3.8) is 0 Å². The highest BCUT2D eigenvalue weighted by molar-refractivity contribution is 6.34. The van der Waals surface area contributed by atoms with E-state index in [1.165, 1.54) is 0 Å². The van der Waals surface area contributed by atoms with Gasteiger partial charge in [0.25, 0.3) is 0 Å². The molecule has 148 valence electrons. The first-order valence-corrected chi connectivity index (χ1v) is 9.56. The Morgan fingerprint density at radius 2 is 2.25 bits per heavy atom.